The molecule has 1 aromatic heterocycles. The van der Waals surface area contributed by atoms with E-state index in [4.69, 9.17) is 0 Å². The smallest absolute Gasteiger partial charge is 0.0466 e. The SMILES string of the molecule is CCCCC1CC2C=C(c3[nH]c4ccccc4c3C)C1N(C)C2. The molecule has 0 saturated carbocycles. The molecule has 0 amide bonds. The van der Waals surface area contributed by atoms with Crippen LogP contribution in [0.25, 0.3) is 16.5 Å². The first-order chi connectivity index (χ1) is 11.2. The minimum absolute atomic E-state index is 0.596. The summed E-state index contributed by atoms with van der Waals surface area (Å²) < 4.78 is 0. The van der Waals surface area contributed by atoms with Crippen LogP contribution in [0, 0.1) is 18.8 Å². The highest BCUT2D eigenvalue weighted by Gasteiger charge is 2.41. The first kappa shape index (κ1) is 15.0. The lowest BCUT2D eigenvalue weighted by Crippen LogP contribution is -2.50. The van der Waals surface area contributed by atoms with E-state index in [-0.39, 0.29) is 0 Å². The standard InChI is InChI=1S/C21H28N2/c1-4-5-8-16-11-15-12-18(21(16)23(3)13-15)20-14(2)17-9-6-7-10-19(17)22-20/h6-7,9-10,12,15-16,21-22H,4-5,8,11,13H2,1-3H3. The first-order valence-electron chi connectivity index (χ1n) is 9.18. The summed E-state index contributed by atoms with van der Waals surface area (Å²) in [5, 5.41) is 1.37. The summed E-state index contributed by atoms with van der Waals surface area (Å²) in [5.74, 6) is 1.55. The van der Waals surface area contributed by atoms with Crippen LogP contribution in [-0.4, -0.2) is 29.5 Å². The van der Waals surface area contributed by atoms with Gasteiger partial charge in [-0.05, 0) is 55.9 Å². The summed E-state index contributed by atoms with van der Waals surface area (Å²) in [5.41, 5.74) is 5.64. The molecule has 0 spiro atoms. The van der Waals surface area contributed by atoms with Gasteiger partial charge in [-0.1, -0.05) is 44.0 Å². The van der Waals surface area contributed by atoms with Gasteiger partial charge in [0.25, 0.3) is 0 Å². The number of H-pyrrole nitrogens is 1. The zero-order chi connectivity index (χ0) is 16.0. The van der Waals surface area contributed by atoms with Crippen LogP contribution in [0.1, 0.15) is 43.9 Å². The van der Waals surface area contributed by atoms with E-state index in [1.165, 1.54) is 54.4 Å². The van der Waals surface area contributed by atoms with Crippen LogP contribution in [0.3, 0.4) is 0 Å². The largest absolute Gasteiger partial charge is 0.355 e. The van der Waals surface area contributed by atoms with Gasteiger partial charge in [0.1, 0.15) is 0 Å². The predicted molar refractivity (Wildman–Crippen MR) is 98.6 cm³/mol. The lowest BCUT2D eigenvalue weighted by Gasteiger charge is -2.48. The summed E-state index contributed by atoms with van der Waals surface area (Å²) in [4.78, 5) is 6.33. The molecule has 3 aliphatic rings. The normalized spacial score (nSPS) is 27.6. The van der Waals surface area contributed by atoms with E-state index < -0.39 is 0 Å². The number of piperidine rings is 1. The zero-order valence-electron chi connectivity index (χ0n) is 14.6. The van der Waals surface area contributed by atoms with Gasteiger partial charge in [-0.3, -0.25) is 4.90 Å². The van der Waals surface area contributed by atoms with Gasteiger partial charge in [0, 0.05) is 29.2 Å². The first-order valence-corrected chi connectivity index (χ1v) is 9.18. The maximum absolute atomic E-state index is 3.72. The van der Waals surface area contributed by atoms with E-state index >= 15 is 0 Å². The van der Waals surface area contributed by atoms with Crippen molar-refractivity contribution in [3.63, 3.8) is 0 Å². The molecule has 2 heteroatoms. The van der Waals surface area contributed by atoms with Crippen molar-refractivity contribution in [1.29, 1.82) is 0 Å². The summed E-state index contributed by atoms with van der Waals surface area (Å²) in [6.45, 7) is 5.82. The number of aromatic nitrogens is 1. The lowest BCUT2D eigenvalue weighted by molar-refractivity contribution is 0.111. The van der Waals surface area contributed by atoms with E-state index in [1.54, 1.807) is 5.57 Å². The number of hydrogen-bond acceptors (Lipinski definition) is 1. The molecular formula is C21H28N2. The molecule has 1 aromatic carbocycles. The molecular weight excluding hydrogens is 280 g/mol. The minimum Gasteiger partial charge on any atom is -0.355 e. The molecule has 2 nitrogen and oxygen atoms in total. The number of para-hydroxylation sites is 1. The number of unbranched alkanes of at least 4 members (excludes halogenated alkanes) is 1. The van der Waals surface area contributed by atoms with Crippen molar-refractivity contribution in [3.8, 4) is 0 Å². The van der Waals surface area contributed by atoms with Gasteiger partial charge in [-0.15, -0.1) is 0 Å². The van der Waals surface area contributed by atoms with E-state index in [0.29, 0.717) is 6.04 Å². The topological polar surface area (TPSA) is 19.0 Å². The van der Waals surface area contributed by atoms with Crippen molar-refractivity contribution >= 4 is 16.5 Å². The number of rotatable bonds is 4. The Morgan fingerprint density at radius 2 is 2.09 bits per heavy atom. The molecule has 2 bridgehead atoms. The molecule has 3 atom stereocenters. The van der Waals surface area contributed by atoms with Crippen LogP contribution >= 0.6 is 0 Å². The second-order valence-electron chi connectivity index (χ2n) is 7.58. The monoisotopic (exact) mass is 308 g/mol. The Bertz CT molecular complexity index is 739. The molecule has 5 rings (SSSR count). The fourth-order valence-corrected chi connectivity index (χ4v) is 4.94. The molecule has 2 aliphatic heterocycles. The van der Waals surface area contributed by atoms with Crippen molar-refractivity contribution in [1.82, 2.24) is 9.88 Å². The average molecular weight is 308 g/mol. The van der Waals surface area contributed by atoms with Gasteiger partial charge in [0.2, 0.25) is 0 Å². The molecule has 122 valence electrons. The molecule has 1 fully saturated rings. The Labute approximate surface area is 139 Å². The third-order valence-corrected chi connectivity index (χ3v) is 5.97. The van der Waals surface area contributed by atoms with Crippen LogP contribution in [0.4, 0.5) is 0 Å². The number of nitrogens with zero attached hydrogens (tertiary/aromatic N) is 1. The van der Waals surface area contributed by atoms with Crippen molar-refractivity contribution < 1.29 is 0 Å². The van der Waals surface area contributed by atoms with E-state index in [1.807, 2.05) is 0 Å². The van der Waals surface area contributed by atoms with Crippen LogP contribution in [0.5, 0.6) is 0 Å². The summed E-state index contributed by atoms with van der Waals surface area (Å²) in [6.07, 6.45) is 8.00. The summed E-state index contributed by atoms with van der Waals surface area (Å²) in [6, 6.07) is 9.30. The van der Waals surface area contributed by atoms with Gasteiger partial charge < -0.3 is 4.98 Å². The van der Waals surface area contributed by atoms with E-state index in [9.17, 15) is 0 Å². The fourth-order valence-electron chi connectivity index (χ4n) is 4.94. The third-order valence-electron chi connectivity index (χ3n) is 5.97. The van der Waals surface area contributed by atoms with Gasteiger partial charge in [-0.2, -0.15) is 0 Å². The molecule has 2 aromatic rings. The average Bonchev–Trinajstić information content (AvgIpc) is 2.90. The second-order valence-corrected chi connectivity index (χ2v) is 7.58. The number of benzene rings is 1. The highest BCUT2D eigenvalue weighted by atomic mass is 15.2. The Morgan fingerprint density at radius 1 is 1.26 bits per heavy atom. The van der Waals surface area contributed by atoms with Gasteiger partial charge in [0.15, 0.2) is 0 Å². The summed E-state index contributed by atoms with van der Waals surface area (Å²) in [7, 11) is 2.32. The Balaban J connectivity index is 1.76. The molecule has 3 heterocycles. The maximum Gasteiger partial charge on any atom is 0.0466 e. The zero-order valence-corrected chi connectivity index (χ0v) is 14.6. The van der Waals surface area contributed by atoms with Crippen molar-refractivity contribution in [2.75, 3.05) is 13.6 Å². The molecule has 1 aliphatic carbocycles. The molecule has 23 heavy (non-hydrogen) atoms. The molecule has 0 radical (unpaired) electrons. The number of fused-ring (bicyclic) bond motifs is 3. The van der Waals surface area contributed by atoms with Crippen LogP contribution in [0.2, 0.25) is 0 Å². The quantitative estimate of drug-likeness (QED) is 0.842. The van der Waals surface area contributed by atoms with E-state index in [0.717, 1.165) is 11.8 Å². The highest BCUT2D eigenvalue weighted by molar-refractivity contribution is 5.90. The minimum atomic E-state index is 0.596. The Morgan fingerprint density at radius 3 is 2.83 bits per heavy atom. The fraction of sp³-hybridized carbons (Fsp3) is 0.524. The molecule has 1 saturated heterocycles. The van der Waals surface area contributed by atoms with Crippen molar-refractivity contribution in [3.05, 3.63) is 41.6 Å². The Hall–Kier alpha value is -1.54. The molecule has 3 unspecified atom stereocenters. The van der Waals surface area contributed by atoms with Crippen LogP contribution in [0.15, 0.2) is 30.3 Å². The van der Waals surface area contributed by atoms with Gasteiger partial charge in [0.05, 0.1) is 0 Å². The van der Waals surface area contributed by atoms with Crippen molar-refractivity contribution in [2.45, 2.75) is 45.6 Å². The highest BCUT2D eigenvalue weighted by Crippen LogP contribution is 2.45. The Kier molecular flexibility index (Phi) is 3.81. The van der Waals surface area contributed by atoms with Crippen LogP contribution in [-0.2, 0) is 0 Å². The second kappa shape index (κ2) is 5.83. The maximum atomic E-state index is 3.72. The number of aryl methyl sites for hydroxylation is 1. The third kappa shape index (κ3) is 2.44. The number of aromatic amines is 1. The van der Waals surface area contributed by atoms with Gasteiger partial charge in [-0.25, -0.2) is 0 Å². The van der Waals surface area contributed by atoms with E-state index in [2.05, 4.69) is 61.1 Å². The number of hydrogen-bond donors (Lipinski definition) is 1. The number of nitrogens with one attached hydrogen (secondary N) is 1. The van der Waals surface area contributed by atoms with Gasteiger partial charge >= 0.3 is 0 Å². The summed E-state index contributed by atoms with van der Waals surface area (Å²) >= 11 is 0. The van der Waals surface area contributed by atoms with Crippen molar-refractivity contribution in [2.24, 2.45) is 11.8 Å². The number of likely N-dealkylation sites (N-methyl/N-ethyl adjacent to an activating group) is 1. The lowest BCUT2D eigenvalue weighted by atomic mass is 9.70. The molecule has 1 N–H and O–H groups in total. The predicted octanol–water partition coefficient (Wildman–Crippen LogP) is 5.00. The van der Waals surface area contributed by atoms with Crippen LogP contribution < -0.4 is 0 Å².